The van der Waals surface area contributed by atoms with Crippen molar-refractivity contribution in [2.24, 2.45) is 0 Å². The summed E-state index contributed by atoms with van der Waals surface area (Å²) in [6, 6.07) is 13.9. The molecular weight excluding hydrogens is 388 g/mol. The monoisotopic (exact) mass is 406 g/mol. The van der Waals surface area contributed by atoms with E-state index in [2.05, 4.69) is 33.4 Å². The Morgan fingerprint density at radius 1 is 1.21 bits per heavy atom. The number of carbonyl (C=O) groups is 2. The molecule has 1 aromatic heterocycles. The molecule has 4 nitrogen and oxygen atoms in total. The third kappa shape index (κ3) is 3.87. The minimum absolute atomic E-state index is 0.0687. The number of amides is 2. The smallest absolute Gasteiger partial charge is 0.264 e. The highest BCUT2D eigenvalue weighted by Crippen LogP contribution is 2.47. The van der Waals surface area contributed by atoms with Crippen LogP contribution in [0.25, 0.3) is 0 Å². The van der Waals surface area contributed by atoms with Gasteiger partial charge < -0.3 is 10.2 Å². The van der Waals surface area contributed by atoms with Crippen molar-refractivity contribution in [3.8, 4) is 0 Å². The van der Waals surface area contributed by atoms with E-state index in [-0.39, 0.29) is 23.8 Å². The molecule has 0 unspecified atom stereocenters. The maximum Gasteiger partial charge on any atom is 0.264 e. The maximum atomic E-state index is 12.3. The van der Waals surface area contributed by atoms with E-state index in [9.17, 15) is 9.59 Å². The van der Waals surface area contributed by atoms with E-state index < -0.39 is 0 Å². The van der Waals surface area contributed by atoms with Crippen LogP contribution >= 0.6 is 27.3 Å². The SMILES string of the molecule is CN(CC(=O)NCC1(c2ccccc2)CC1)C(=O)c1ccc(Br)s1. The lowest BCUT2D eigenvalue weighted by atomic mass is 9.96. The van der Waals surface area contributed by atoms with Crippen LogP contribution in [0.5, 0.6) is 0 Å². The molecule has 0 atom stereocenters. The molecule has 1 fully saturated rings. The van der Waals surface area contributed by atoms with Gasteiger partial charge in [0.05, 0.1) is 15.2 Å². The Morgan fingerprint density at radius 3 is 2.50 bits per heavy atom. The van der Waals surface area contributed by atoms with Crippen LogP contribution in [0.1, 0.15) is 28.1 Å². The van der Waals surface area contributed by atoms with Gasteiger partial charge in [-0.05, 0) is 46.5 Å². The lowest BCUT2D eigenvalue weighted by molar-refractivity contribution is -0.121. The van der Waals surface area contributed by atoms with Crippen molar-refractivity contribution in [3.05, 3.63) is 56.7 Å². The van der Waals surface area contributed by atoms with Gasteiger partial charge in [0, 0.05) is 19.0 Å². The maximum absolute atomic E-state index is 12.3. The van der Waals surface area contributed by atoms with E-state index in [0.29, 0.717) is 11.4 Å². The van der Waals surface area contributed by atoms with Gasteiger partial charge in [-0.1, -0.05) is 30.3 Å². The van der Waals surface area contributed by atoms with Crippen molar-refractivity contribution in [2.45, 2.75) is 18.3 Å². The number of carbonyl (C=O) groups excluding carboxylic acids is 2. The standard InChI is InChI=1S/C18H19BrN2O2S/c1-21(17(23)14-7-8-15(19)24-14)11-16(22)20-12-18(9-10-18)13-5-3-2-4-6-13/h2-8H,9-12H2,1H3,(H,20,22). The summed E-state index contributed by atoms with van der Waals surface area (Å²) in [4.78, 5) is 26.5. The van der Waals surface area contributed by atoms with E-state index in [1.807, 2.05) is 24.3 Å². The Morgan fingerprint density at radius 2 is 1.92 bits per heavy atom. The highest BCUT2D eigenvalue weighted by Gasteiger charge is 2.44. The largest absolute Gasteiger partial charge is 0.354 e. The van der Waals surface area contributed by atoms with Crippen LogP contribution in [0.2, 0.25) is 0 Å². The van der Waals surface area contributed by atoms with Crippen LogP contribution in [0.3, 0.4) is 0 Å². The third-order valence-corrected chi connectivity index (χ3v) is 5.99. The molecule has 24 heavy (non-hydrogen) atoms. The molecule has 2 amide bonds. The second-order valence-electron chi connectivity index (χ2n) is 6.19. The van der Waals surface area contributed by atoms with Crippen molar-refractivity contribution in [3.63, 3.8) is 0 Å². The van der Waals surface area contributed by atoms with Gasteiger partial charge in [0.2, 0.25) is 5.91 Å². The van der Waals surface area contributed by atoms with E-state index in [0.717, 1.165) is 16.6 Å². The van der Waals surface area contributed by atoms with Crippen molar-refractivity contribution in [1.82, 2.24) is 10.2 Å². The molecule has 0 aliphatic heterocycles. The fourth-order valence-electron chi connectivity index (χ4n) is 2.74. The number of likely N-dealkylation sites (N-methyl/N-ethyl adjacent to an activating group) is 1. The van der Waals surface area contributed by atoms with Gasteiger partial charge in [-0.3, -0.25) is 9.59 Å². The summed E-state index contributed by atoms with van der Waals surface area (Å²) in [5.74, 6) is -0.256. The number of benzene rings is 1. The molecule has 1 saturated carbocycles. The fourth-order valence-corrected chi connectivity index (χ4v) is 4.12. The van der Waals surface area contributed by atoms with Crippen LogP contribution in [0.15, 0.2) is 46.3 Å². The van der Waals surface area contributed by atoms with Crippen LogP contribution in [-0.4, -0.2) is 36.9 Å². The molecule has 1 N–H and O–H groups in total. The minimum atomic E-state index is -0.134. The van der Waals surface area contributed by atoms with Crippen molar-refractivity contribution >= 4 is 39.1 Å². The van der Waals surface area contributed by atoms with Gasteiger partial charge in [-0.2, -0.15) is 0 Å². The van der Waals surface area contributed by atoms with Crippen molar-refractivity contribution in [1.29, 1.82) is 0 Å². The normalized spacial score (nSPS) is 14.9. The first-order chi connectivity index (χ1) is 11.5. The third-order valence-electron chi connectivity index (χ3n) is 4.38. The number of thiophene rings is 1. The first-order valence-corrected chi connectivity index (χ1v) is 9.44. The molecule has 1 aromatic carbocycles. The summed E-state index contributed by atoms with van der Waals surface area (Å²) in [5, 5.41) is 2.99. The summed E-state index contributed by atoms with van der Waals surface area (Å²) in [6.45, 7) is 0.696. The topological polar surface area (TPSA) is 49.4 Å². The number of nitrogens with zero attached hydrogens (tertiary/aromatic N) is 1. The Hall–Kier alpha value is -1.66. The zero-order valence-corrected chi connectivity index (χ0v) is 15.8. The number of hydrogen-bond acceptors (Lipinski definition) is 3. The highest BCUT2D eigenvalue weighted by molar-refractivity contribution is 9.11. The number of halogens is 1. The van der Waals surface area contributed by atoms with Gasteiger partial charge in [-0.25, -0.2) is 0 Å². The summed E-state index contributed by atoms with van der Waals surface area (Å²) in [7, 11) is 1.65. The number of nitrogens with one attached hydrogen (secondary N) is 1. The summed E-state index contributed by atoms with van der Waals surface area (Å²) < 4.78 is 0.905. The molecule has 6 heteroatoms. The molecule has 0 bridgehead atoms. The van der Waals surface area contributed by atoms with E-state index in [4.69, 9.17) is 0 Å². The molecule has 126 valence electrons. The first kappa shape index (κ1) is 17.2. The average Bonchev–Trinajstić information content (AvgIpc) is 3.27. The average molecular weight is 407 g/mol. The minimum Gasteiger partial charge on any atom is -0.354 e. The summed E-state index contributed by atoms with van der Waals surface area (Å²) in [6.07, 6.45) is 2.19. The van der Waals surface area contributed by atoms with Crippen LogP contribution in [0, 0.1) is 0 Å². The number of rotatable bonds is 6. The molecule has 0 spiro atoms. The Kier molecular flexibility index (Phi) is 5.06. The molecule has 0 saturated heterocycles. The molecular formula is C18H19BrN2O2S. The van der Waals surface area contributed by atoms with Crippen molar-refractivity contribution in [2.75, 3.05) is 20.1 Å². The lowest BCUT2D eigenvalue weighted by Crippen LogP contribution is -2.40. The van der Waals surface area contributed by atoms with Crippen LogP contribution in [0.4, 0.5) is 0 Å². The molecule has 1 aliphatic rings. The highest BCUT2D eigenvalue weighted by atomic mass is 79.9. The first-order valence-electron chi connectivity index (χ1n) is 7.83. The van der Waals surface area contributed by atoms with Crippen LogP contribution < -0.4 is 5.32 Å². The second-order valence-corrected chi connectivity index (χ2v) is 8.65. The zero-order chi connectivity index (χ0) is 17.2. The lowest BCUT2D eigenvalue weighted by Gasteiger charge is -2.19. The molecule has 1 heterocycles. The predicted molar refractivity (Wildman–Crippen MR) is 99.3 cm³/mol. The van der Waals surface area contributed by atoms with Crippen LogP contribution in [-0.2, 0) is 10.2 Å². The van der Waals surface area contributed by atoms with Gasteiger partial charge in [0.15, 0.2) is 0 Å². The Balaban J connectivity index is 1.52. The zero-order valence-electron chi connectivity index (χ0n) is 13.4. The molecule has 0 radical (unpaired) electrons. The fraction of sp³-hybridized carbons (Fsp3) is 0.333. The number of hydrogen-bond donors (Lipinski definition) is 1. The van der Waals surface area contributed by atoms with Gasteiger partial charge >= 0.3 is 0 Å². The van der Waals surface area contributed by atoms with E-state index in [1.165, 1.54) is 21.8 Å². The van der Waals surface area contributed by atoms with Gasteiger partial charge in [-0.15, -0.1) is 11.3 Å². The van der Waals surface area contributed by atoms with E-state index in [1.54, 1.807) is 13.1 Å². The molecule has 3 rings (SSSR count). The van der Waals surface area contributed by atoms with Gasteiger partial charge in [0.1, 0.15) is 0 Å². The predicted octanol–water partition coefficient (Wildman–Crippen LogP) is 3.43. The quantitative estimate of drug-likeness (QED) is 0.798. The Labute approximate surface area is 154 Å². The van der Waals surface area contributed by atoms with Crippen molar-refractivity contribution < 1.29 is 9.59 Å². The summed E-state index contributed by atoms with van der Waals surface area (Å²) >= 11 is 4.71. The molecule has 1 aliphatic carbocycles. The second kappa shape index (κ2) is 7.07. The summed E-state index contributed by atoms with van der Waals surface area (Å²) in [5.41, 5.74) is 1.36. The Bertz CT molecular complexity index is 740. The van der Waals surface area contributed by atoms with Gasteiger partial charge in [0.25, 0.3) is 5.91 Å². The van der Waals surface area contributed by atoms with E-state index >= 15 is 0 Å². The molecule has 2 aromatic rings.